The van der Waals surface area contributed by atoms with Crippen molar-refractivity contribution in [1.29, 1.82) is 0 Å². The van der Waals surface area contributed by atoms with Crippen LogP contribution in [-0.4, -0.2) is 17.4 Å². The topological polar surface area (TPSA) is 54.4 Å². The third-order valence-electron chi connectivity index (χ3n) is 1.72. The van der Waals surface area contributed by atoms with Gasteiger partial charge >= 0.3 is 5.97 Å². The van der Waals surface area contributed by atoms with E-state index in [2.05, 4.69) is 0 Å². The number of carboxylic acid groups (broad SMARTS) is 1. The molecule has 0 aliphatic heterocycles. The van der Waals surface area contributed by atoms with Crippen molar-refractivity contribution >= 4 is 35.5 Å². The quantitative estimate of drug-likeness (QED) is 0.643. The van der Waals surface area contributed by atoms with E-state index in [0.717, 1.165) is 0 Å². The van der Waals surface area contributed by atoms with Crippen LogP contribution in [-0.2, 0) is 9.59 Å². The van der Waals surface area contributed by atoms with Crippen molar-refractivity contribution in [2.75, 3.05) is 0 Å². The molecule has 0 saturated carbocycles. The van der Waals surface area contributed by atoms with E-state index in [1.807, 2.05) is 0 Å². The number of benzene rings is 1. The Hall–Kier alpha value is -1.06. The summed E-state index contributed by atoms with van der Waals surface area (Å²) in [6.45, 7) is 0. The second-order valence-electron chi connectivity index (χ2n) is 2.60. The minimum atomic E-state index is -1.26. The van der Waals surface area contributed by atoms with Crippen LogP contribution in [0, 0.1) is 0 Å². The summed E-state index contributed by atoms with van der Waals surface area (Å²) in [4.78, 5) is 21.2. The molecule has 0 bridgehead atoms. The first-order valence-corrected chi connectivity index (χ1v) is 4.45. The molecule has 0 radical (unpaired) electrons. The van der Waals surface area contributed by atoms with Gasteiger partial charge in [-0.2, -0.15) is 0 Å². The van der Waals surface area contributed by atoms with Gasteiger partial charge in [-0.1, -0.05) is 35.3 Å². The molecule has 1 aromatic carbocycles. The summed E-state index contributed by atoms with van der Waals surface area (Å²) in [5.41, 5.74) is 0.210. The maximum atomic E-state index is 10.7. The number of carboxylic acids is 1. The highest BCUT2D eigenvalue weighted by molar-refractivity contribution is 6.42. The molecule has 0 aliphatic carbocycles. The van der Waals surface area contributed by atoms with Crippen LogP contribution in [0.1, 0.15) is 11.5 Å². The number of carbonyl (C=O) groups excluding carboxylic acids is 1. The zero-order valence-corrected chi connectivity index (χ0v) is 8.42. The number of carbonyl (C=O) groups is 2. The van der Waals surface area contributed by atoms with Gasteiger partial charge in [0, 0.05) is 0 Å². The molecular weight excluding hydrogens is 227 g/mol. The Labute approximate surface area is 90.3 Å². The van der Waals surface area contributed by atoms with Gasteiger partial charge in [-0.25, -0.2) is 0 Å². The van der Waals surface area contributed by atoms with E-state index in [0.29, 0.717) is 6.29 Å². The predicted molar refractivity (Wildman–Crippen MR) is 52.9 cm³/mol. The Kier molecular flexibility index (Phi) is 3.49. The van der Waals surface area contributed by atoms with E-state index in [9.17, 15) is 9.59 Å². The van der Waals surface area contributed by atoms with E-state index < -0.39 is 11.9 Å². The molecule has 5 heteroatoms. The SMILES string of the molecule is O=CC(C(=O)O)c1cccc(Cl)c1Cl. The molecule has 74 valence electrons. The van der Waals surface area contributed by atoms with Crippen molar-refractivity contribution in [3.05, 3.63) is 33.8 Å². The summed E-state index contributed by atoms with van der Waals surface area (Å²) in [5, 5.41) is 9.05. The van der Waals surface area contributed by atoms with Gasteiger partial charge in [0.1, 0.15) is 12.2 Å². The molecule has 0 saturated heterocycles. The molecule has 0 aromatic heterocycles. The molecule has 1 rings (SSSR count). The summed E-state index contributed by atoms with van der Waals surface area (Å²) >= 11 is 11.4. The first-order valence-electron chi connectivity index (χ1n) is 3.70. The summed E-state index contributed by atoms with van der Waals surface area (Å²) in [6.07, 6.45) is 0.319. The zero-order chi connectivity index (χ0) is 10.7. The van der Waals surface area contributed by atoms with Crippen LogP contribution >= 0.6 is 23.2 Å². The Bertz CT molecular complexity index is 376. The van der Waals surface area contributed by atoms with E-state index in [1.165, 1.54) is 12.1 Å². The molecule has 1 atom stereocenters. The van der Waals surface area contributed by atoms with E-state index in [1.54, 1.807) is 6.07 Å². The molecule has 0 heterocycles. The minimum absolute atomic E-state index is 0.105. The van der Waals surface area contributed by atoms with Crippen LogP contribution in [0.2, 0.25) is 10.0 Å². The van der Waals surface area contributed by atoms with Crippen LogP contribution in [0.5, 0.6) is 0 Å². The van der Waals surface area contributed by atoms with Crippen LogP contribution in [0.4, 0.5) is 0 Å². The summed E-state index contributed by atoms with van der Waals surface area (Å²) < 4.78 is 0. The largest absolute Gasteiger partial charge is 0.480 e. The van der Waals surface area contributed by atoms with Crippen molar-refractivity contribution < 1.29 is 14.7 Å². The third-order valence-corrected chi connectivity index (χ3v) is 2.55. The average Bonchev–Trinajstić information content (AvgIpc) is 2.13. The Morgan fingerprint density at radius 1 is 1.43 bits per heavy atom. The number of hydrogen-bond donors (Lipinski definition) is 1. The number of hydrogen-bond acceptors (Lipinski definition) is 2. The number of aldehydes is 1. The molecule has 0 aliphatic rings. The fourth-order valence-corrected chi connectivity index (χ4v) is 1.45. The van der Waals surface area contributed by atoms with E-state index in [-0.39, 0.29) is 15.6 Å². The van der Waals surface area contributed by atoms with Gasteiger partial charge < -0.3 is 9.90 Å². The van der Waals surface area contributed by atoms with Crippen LogP contribution in [0.25, 0.3) is 0 Å². The van der Waals surface area contributed by atoms with E-state index >= 15 is 0 Å². The maximum absolute atomic E-state index is 10.7. The summed E-state index contributed by atoms with van der Waals surface area (Å²) in [7, 11) is 0. The van der Waals surface area contributed by atoms with Gasteiger partial charge in [-0.05, 0) is 11.6 Å². The van der Waals surface area contributed by atoms with Gasteiger partial charge in [0.05, 0.1) is 10.0 Å². The van der Waals surface area contributed by atoms with Gasteiger partial charge in [0.2, 0.25) is 0 Å². The zero-order valence-electron chi connectivity index (χ0n) is 6.91. The number of halogens is 2. The van der Waals surface area contributed by atoms with E-state index in [4.69, 9.17) is 28.3 Å². The second kappa shape index (κ2) is 4.44. The number of aliphatic carboxylic acids is 1. The molecule has 3 nitrogen and oxygen atoms in total. The highest BCUT2D eigenvalue weighted by Crippen LogP contribution is 2.30. The molecule has 1 unspecified atom stereocenters. The highest BCUT2D eigenvalue weighted by atomic mass is 35.5. The van der Waals surface area contributed by atoms with Gasteiger partial charge in [0.25, 0.3) is 0 Å². The molecule has 14 heavy (non-hydrogen) atoms. The predicted octanol–water partition coefficient (Wildman–Crippen LogP) is 2.36. The van der Waals surface area contributed by atoms with Crippen molar-refractivity contribution in [2.45, 2.75) is 5.92 Å². The molecule has 1 N–H and O–H groups in total. The Morgan fingerprint density at radius 2 is 2.07 bits per heavy atom. The molecule has 1 aromatic rings. The summed E-state index contributed by atoms with van der Waals surface area (Å²) in [6, 6.07) is 4.53. The Morgan fingerprint density at radius 3 is 2.57 bits per heavy atom. The first kappa shape index (κ1) is 11.0. The minimum Gasteiger partial charge on any atom is -0.480 e. The molecular formula is C9H6Cl2O3. The van der Waals surface area contributed by atoms with Crippen molar-refractivity contribution in [1.82, 2.24) is 0 Å². The van der Waals surface area contributed by atoms with Crippen LogP contribution in [0.3, 0.4) is 0 Å². The average molecular weight is 233 g/mol. The maximum Gasteiger partial charge on any atom is 0.318 e. The Balaban J connectivity index is 3.23. The fraction of sp³-hybridized carbons (Fsp3) is 0.111. The molecule has 0 fully saturated rings. The van der Waals surface area contributed by atoms with Gasteiger partial charge in [-0.15, -0.1) is 0 Å². The second-order valence-corrected chi connectivity index (χ2v) is 3.38. The lowest BCUT2D eigenvalue weighted by Crippen LogP contribution is -2.13. The van der Waals surface area contributed by atoms with Crippen molar-refractivity contribution in [3.8, 4) is 0 Å². The monoisotopic (exact) mass is 232 g/mol. The lowest BCUT2D eigenvalue weighted by atomic mass is 10.0. The lowest BCUT2D eigenvalue weighted by molar-refractivity contribution is -0.140. The lowest BCUT2D eigenvalue weighted by Gasteiger charge is -2.08. The van der Waals surface area contributed by atoms with Crippen LogP contribution in [0.15, 0.2) is 18.2 Å². The summed E-state index contributed by atoms with van der Waals surface area (Å²) in [5.74, 6) is -2.51. The number of rotatable bonds is 3. The fourth-order valence-electron chi connectivity index (χ4n) is 1.03. The van der Waals surface area contributed by atoms with Gasteiger partial charge in [0.15, 0.2) is 0 Å². The first-order chi connectivity index (χ1) is 6.57. The highest BCUT2D eigenvalue weighted by Gasteiger charge is 2.22. The third kappa shape index (κ3) is 2.05. The molecule has 0 amide bonds. The van der Waals surface area contributed by atoms with Crippen LogP contribution < -0.4 is 0 Å². The normalized spacial score (nSPS) is 12.1. The van der Waals surface area contributed by atoms with Crippen molar-refractivity contribution in [3.63, 3.8) is 0 Å². The smallest absolute Gasteiger partial charge is 0.318 e. The van der Waals surface area contributed by atoms with Crippen molar-refractivity contribution in [2.24, 2.45) is 0 Å². The van der Waals surface area contributed by atoms with Gasteiger partial charge in [-0.3, -0.25) is 4.79 Å². The standard InChI is InChI=1S/C9H6Cl2O3/c10-7-3-1-2-5(8(7)11)6(4-12)9(13)14/h1-4,6H,(H,13,14). The molecule has 0 spiro atoms.